The molecule has 0 amide bonds. The number of allylic oxidation sites excluding steroid dienone is 1. The molecular formula is C18H13N3O2. The molecule has 5 heteroatoms. The summed E-state index contributed by atoms with van der Waals surface area (Å²) < 4.78 is 0. The molecule has 0 saturated carbocycles. The fourth-order valence-corrected chi connectivity index (χ4v) is 2.50. The Balaban J connectivity index is 1.85. The van der Waals surface area contributed by atoms with Crippen LogP contribution < -0.4 is 0 Å². The summed E-state index contributed by atoms with van der Waals surface area (Å²) in [6, 6.07) is 12.4. The normalized spacial score (nSPS) is 13.9. The number of benzene rings is 1. The number of hydrogen-bond donors (Lipinski definition) is 1. The van der Waals surface area contributed by atoms with Crippen molar-refractivity contribution in [3.05, 3.63) is 71.1 Å². The van der Waals surface area contributed by atoms with Crippen LogP contribution >= 0.6 is 0 Å². The monoisotopic (exact) mass is 303 g/mol. The van der Waals surface area contributed by atoms with Gasteiger partial charge in [0.25, 0.3) is 0 Å². The van der Waals surface area contributed by atoms with Crippen LogP contribution in [0.15, 0.2) is 59.4 Å². The number of aliphatic hydroxyl groups excluding tert-OH is 1. The molecule has 0 saturated heterocycles. The van der Waals surface area contributed by atoms with Crippen LogP contribution in [0.3, 0.4) is 0 Å². The topological polar surface area (TPSA) is 86.3 Å². The third-order valence-electron chi connectivity index (χ3n) is 3.65. The van der Waals surface area contributed by atoms with Gasteiger partial charge in [-0.2, -0.15) is 5.26 Å². The number of pyridine rings is 1. The average molecular weight is 303 g/mol. The number of aromatic nitrogens is 1. The molecule has 0 unspecified atom stereocenters. The average Bonchev–Trinajstić information content (AvgIpc) is 2.85. The molecule has 0 atom stereocenters. The lowest BCUT2D eigenvalue weighted by Crippen LogP contribution is -2.10. The Bertz CT molecular complexity index is 861. The number of ketones is 1. The zero-order valence-electron chi connectivity index (χ0n) is 12.2. The lowest BCUT2D eigenvalue weighted by Gasteiger charge is -2.00. The van der Waals surface area contributed by atoms with Gasteiger partial charge in [0.2, 0.25) is 0 Å². The highest BCUT2D eigenvalue weighted by atomic mass is 16.3. The molecule has 0 fully saturated rings. The van der Waals surface area contributed by atoms with Gasteiger partial charge in [0.1, 0.15) is 23.1 Å². The molecule has 23 heavy (non-hydrogen) atoms. The van der Waals surface area contributed by atoms with Gasteiger partial charge in [-0.3, -0.25) is 14.8 Å². The summed E-state index contributed by atoms with van der Waals surface area (Å²) >= 11 is 0. The van der Waals surface area contributed by atoms with Gasteiger partial charge in [-0.05, 0) is 24.1 Å². The molecule has 1 aromatic heterocycles. The number of aliphatic imine (C=N–C) groups is 1. The van der Waals surface area contributed by atoms with Crippen LogP contribution in [0.1, 0.15) is 21.5 Å². The Morgan fingerprint density at radius 3 is 2.52 bits per heavy atom. The first-order valence-electron chi connectivity index (χ1n) is 7.13. The van der Waals surface area contributed by atoms with Crippen LogP contribution in [0.4, 0.5) is 0 Å². The van der Waals surface area contributed by atoms with E-state index in [1.165, 1.54) is 0 Å². The number of nitrogens with zero attached hydrogens (tertiary/aromatic N) is 3. The molecule has 3 rings (SSSR count). The predicted octanol–water partition coefficient (Wildman–Crippen LogP) is 2.75. The van der Waals surface area contributed by atoms with Crippen molar-refractivity contribution in [2.75, 3.05) is 6.54 Å². The van der Waals surface area contributed by atoms with E-state index in [9.17, 15) is 15.2 Å². The minimum Gasteiger partial charge on any atom is -0.506 e. The first kappa shape index (κ1) is 14.7. The summed E-state index contributed by atoms with van der Waals surface area (Å²) in [4.78, 5) is 20.5. The molecule has 112 valence electrons. The van der Waals surface area contributed by atoms with Crippen LogP contribution in [0.25, 0.3) is 5.76 Å². The number of fused-ring (bicyclic) bond motifs is 1. The van der Waals surface area contributed by atoms with Crippen molar-refractivity contribution < 1.29 is 9.90 Å². The van der Waals surface area contributed by atoms with Crippen LogP contribution in [0.2, 0.25) is 0 Å². The highest BCUT2D eigenvalue weighted by molar-refractivity contribution is 6.39. The molecular weight excluding hydrogens is 290 g/mol. The van der Waals surface area contributed by atoms with E-state index in [1.807, 2.05) is 18.2 Å². The third kappa shape index (κ3) is 2.74. The van der Waals surface area contributed by atoms with Crippen molar-refractivity contribution in [1.82, 2.24) is 4.98 Å². The molecule has 1 heterocycles. The van der Waals surface area contributed by atoms with Gasteiger partial charge in [0, 0.05) is 30.1 Å². The fraction of sp³-hybridized carbons (Fsp3) is 0.111. The van der Waals surface area contributed by atoms with Gasteiger partial charge in [-0.1, -0.05) is 24.3 Å². The zero-order chi connectivity index (χ0) is 16.2. The van der Waals surface area contributed by atoms with Crippen LogP contribution in [0, 0.1) is 11.3 Å². The molecule has 1 N–H and O–H groups in total. The fourth-order valence-electron chi connectivity index (χ4n) is 2.50. The molecule has 0 bridgehead atoms. The van der Waals surface area contributed by atoms with E-state index in [0.717, 1.165) is 5.56 Å². The van der Waals surface area contributed by atoms with Gasteiger partial charge in [-0.15, -0.1) is 0 Å². The summed E-state index contributed by atoms with van der Waals surface area (Å²) in [5.74, 6) is -0.530. The lowest BCUT2D eigenvalue weighted by molar-refractivity contribution is 0.104. The maximum Gasteiger partial charge on any atom is 0.200 e. The second kappa shape index (κ2) is 6.24. The smallest absolute Gasteiger partial charge is 0.200 e. The summed E-state index contributed by atoms with van der Waals surface area (Å²) in [5, 5.41) is 19.6. The quantitative estimate of drug-likeness (QED) is 0.880. The molecule has 0 radical (unpaired) electrons. The molecule has 5 nitrogen and oxygen atoms in total. The zero-order valence-corrected chi connectivity index (χ0v) is 12.2. The first-order valence-corrected chi connectivity index (χ1v) is 7.13. The van der Waals surface area contributed by atoms with E-state index in [0.29, 0.717) is 24.1 Å². The van der Waals surface area contributed by atoms with Gasteiger partial charge >= 0.3 is 0 Å². The van der Waals surface area contributed by atoms with E-state index in [1.54, 1.807) is 36.7 Å². The van der Waals surface area contributed by atoms with Gasteiger partial charge in [0.15, 0.2) is 5.78 Å². The number of carbonyl (C=O) groups is 1. The van der Waals surface area contributed by atoms with E-state index in [4.69, 9.17) is 0 Å². The molecule has 1 aliphatic carbocycles. The van der Waals surface area contributed by atoms with Crippen molar-refractivity contribution in [1.29, 1.82) is 5.26 Å². The maximum atomic E-state index is 12.4. The molecule has 1 aliphatic rings. The number of Topliss-reactive ketones (excluding diaryl/α,β-unsaturated/α-hetero) is 1. The lowest BCUT2D eigenvalue weighted by atomic mass is 10.1. The first-order chi connectivity index (χ1) is 11.2. The number of carbonyl (C=O) groups excluding carboxylic acids is 1. The Kier molecular flexibility index (Phi) is 3.98. The van der Waals surface area contributed by atoms with E-state index >= 15 is 0 Å². The summed E-state index contributed by atoms with van der Waals surface area (Å²) in [6.45, 7) is 0.354. The number of nitriles is 1. The predicted molar refractivity (Wildman–Crippen MR) is 86.2 cm³/mol. The van der Waals surface area contributed by atoms with Crippen molar-refractivity contribution in [3.8, 4) is 6.07 Å². The minimum atomic E-state index is -0.359. The van der Waals surface area contributed by atoms with Gasteiger partial charge in [-0.25, -0.2) is 0 Å². The second-order valence-electron chi connectivity index (χ2n) is 5.05. The van der Waals surface area contributed by atoms with E-state index in [2.05, 4.69) is 9.98 Å². The SMILES string of the molecule is N#CC(=NCCc1ccncc1)C1=C(O)c2ccccc2C1=O. The molecule has 1 aromatic carbocycles. The van der Waals surface area contributed by atoms with Gasteiger partial charge < -0.3 is 5.11 Å². The van der Waals surface area contributed by atoms with Crippen LogP contribution in [-0.4, -0.2) is 28.1 Å². The minimum absolute atomic E-state index is 0.0107. The molecule has 2 aromatic rings. The number of aliphatic hydroxyl groups is 1. The molecule has 0 aliphatic heterocycles. The number of rotatable bonds is 4. The van der Waals surface area contributed by atoms with Crippen LogP contribution in [0.5, 0.6) is 0 Å². The van der Waals surface area contributed by atoms with Crippen LogP contribution in [-0.2, 0) is 6.42 Å². The maximum absolute atomic E-state index is 12.4. The van der Waals surface area contributed by atoms with Crippen molar-refractivity contribution >= 4 is 17.3 Å². The Labute approximate surface area is 133 Å². The van der Waals surface area contributed by atoms with Crippen molar-refractivity contribution in [3.63, 3.8) is 0 Å². The van der Waals surface area contributed by atoms with Gasteiger partial charge in [0.05, 0.1) is 0 Å². The third-order valence-corrected chi connectivity index (χ3v) is 3.65. The van der Waals surface area contributed by atoms with E-state index < -0.39 is 0 Å². The second-order valence-corrected chi connectivity index (χ2v) is 5.05. The van der Waals surface area contributed by atoms with E-state index in [-0.39, 0.29) is 22.8 Å². The largest absolute Gasteiger partial charge is 0.506 e. The van der Waals surface area contributed by atoms with Crippen molar-refractivity contribution in [2.45, 2.75) is 6.42 Å². The summed E-state index contributed by atoms with van der Waals surface area (Å²) in [5.41, 5.74) is 1.85. The Morgan fingerprint density at radius 2 is 1.87 bits per heavy atom. The summed E-state index contributed by atoms with van der Waals surface area (Å²) in [7, 11) is 0. The molecule has 0 spiro atoms. The number of hydrogen-bond acceptors (Lipinski definition) is 5. The highest BCUT2D eigenvalue weighted by Gasteiger charge is 2.32. The Hall–Kier alpha value is -3.26. The standard InChI is InChI=1S/C18H13N3O2/c19-11-15(21-10-7-12-5-8-20-9-6-12)16-17(22)13-3-1-2-4-14(13)18(16)23/h1-6,8-9,22H,7,10H2. The summed E-state index contributed by atoms with van der Waals surface area (Å²) in [6.07, 6.45) is 4.01. The highest BCUT2D eigenvalue weighted by Crippen LogP contribution is 2.31. The van der Waals surface area contributed by atoms with Crippen molar-refractivity contribution in [2.24, 2.45) is 4.99 Å². The Morgan fingerprint density at radius 1 is 1.17 bits per heavy atom.